The fraction of sp³-hybridized carbons (Fsp3) is 0.375. The van der Waals surface area contributed by atoms with Gasteiger partial charge in [-0.1, -0.05) is 37.3 Å². The molecule has 1 heterocycles. The Bertz CT molecular complexity index is 941. The van der Waals surface area contributed by atoms with Gasteiger partial charge in [0.2, 0.25) is 5.91 Å². The van der Waals surface area contributed by atoms with Crippen LogP contribution < -0.4 is 15.0 Å². The Morgan fingerprint density at radius 3 is 2.55 bits per heavy atom. The van der Waals surface area contributed by atoms with Gasteiger partial charge in [0.05, 0.1) is 13.0 Å². The van der Waals surface area contributed by atoms with Crippen LogP contribution in [0, 0.1) is 5.92 Å². The van der Waals surface area contributed by atoms with Crippen LogP contribution in [-0.2, 0) is 32.1 Å². The van der Waals surface area contributed by atoms with Crippen molar-refractivity contribution >= 4 is 23.5 Å². The predicted molar refractivity (Wildman–Crippen MR) is 117 cm³/mol. The molecule has 0 aromatic heterocycles. The van der Waals surface area contributed by atoms with E-state index in [9.17, 15) is 14.4 Å². The zero-order valence-corrected chi connectivity index (χ0v) is 18.1. The number of aryl methyl sites for hydroxylation is 1. The number of benzene rings is 2. The predicted octanol–water partition coefficient (Wildman–Crippen LogP) is 2.86. The van der Waals surface area contributed by atoms with Crippen LogP contribution in [0.15, 0.2) is 48.5 Å². The van der Waals surface area contributed by atoms with E-state index in [4.69, 9.17) is 9.47 Å². The average Bonchev–Trinajstić information content (AvgIpc) is 3.19. The second-order valence-electron chi connectivity index (χ2n) is 7.53. The van der Waals surface area contributed by atoms with Gasteiger partial charge in [-0.15, -0.1) is 0 Å². The fourth-order valence-corrected chi connectivity index (χ4v) is 3.57. The lowest BCUT2D eigenvalue weighted by atomic mass is 10.1. The summed E-state index contributed by atoms with van der Waals surface area (Å²) in [4.78, 5) is 39.1. The molecule has 0 unspecified atom stereocenters. The molecule has 0 saturated carbocycles. The van der Waals surface area contributed by atoms with Crippen LogP contribution in [0.4, 0.5) is 5.69 Å². The minimum Gasteiger partial charge on any atom is -0.497 e. The van der Waals surface area contributed by atoms with Crippen molar-refractivity contribution in [2.75, 3.05) is 18.6 Å². The van der Waals surface area contributed by atoms with Gasteiger partial charge in [-0.25, -0.2) is 0 Å². The highest BCUT2D eigenvalue weighted by Gasteiger charge is 2.37. The van der Waals surface area contributed by atoms with E-state index in [-0.39, 0.29) is 24.8 Å². The second kappa shape index (κ2) is 10.1. The van der Waals surface area contributed by atoms with E-state index in [0.29, 0.717) is 6.54 Å². The summed E-state index contributed by atoms with van der Waals surface area (Å²) >= 11 is 0. The van der Waals surface area contributed by atoms with Crippen LogP contribution in [-0.4, -0.2) is 37.5 Å². The van der Waals surface area contributed by atoms with Gasteiger partial charge in [-0.3, -0.25) is 14.4 Å². The second-order valence-corrected chi connectivity index (χ2v) is 7.53. The molecule has 1 saturated heterocycles. The Morgan fingerprint density at radius 1 is 1.16 bits per heavy atom. The number of ether oxygens (including phenoxy) is 2. The monoisotopic (exact) mass is 424 g/mol. The average molecular weight is 424 g/mol. The first kappa shape index (κ1) is 22.3. The number of rotatable bonds is 8. The van der Waals surface area contributed by atoms with Crippen LogP contribution in [0.5, 0.6) is 5.75 Å². The standard InChI is InChI=1S/C24H28N2O5/c1-4-18-7-5-6-8-21(18)26-15-19(13-22(26)27)24(29)31-16(2)23(28)25-14-17-9-11-20(30-3)12-10-17/h5-12,16,19H,4,13-15H2,1-3H3,(H,25,28)/t16-,19+/m0/s1. The maximum atomic E-state index is 12.6. The summed E-state index contributed by atoms with van der Waals surface area (Å²) < 4.78 is 10.5. The van der Waals surface area contributed by atoms with E-state index in [1.54, 1.807) is 12.0 Å². The van der Waals surface area contributed by atoms with Crippen molar-refractivity contribution in [2.24, 2.45) is 5.92 Å². The molecule has 0 aliphatic carbocycles. The Labute approximate surface area is 182 Å². The summed E-state index contributed by atoms with van der Waals surface area (Å²) in [6, 6.07) is 15.0. The Balaban J connectivity index is 1.53. The van der Waals surface area contributed by atoms with Crippen LogP contribution in [0.25, 0.3) is 0 Å². The normalized spacial score (nSPS) is 16.7. The third-order valence-electron chi connectivity index (χ3n) is 5.41. The minimum absolute atomic E-state index is 0.0804. The molecule has 2 aromatic carbocycles. The summed E-state index contributed by atoms with van der Waals surface area (Å²) in [7, 11) is 1.59. The first-order chi connectivity index (χ1) is 14.9. The van der Waals surface area contributed by atoms with E-state index in [1.165, 1.54) is 6.92 Å². The summed E-state index contributed by atoms with van der Waals surface area (Å²) in [5, 5.41) is 2.76. The highest BCUT2D eigenvalue weighted by Crippen LogP contribution is 2.29. The van der Waals surface area contributed by atoms with Gasteiger partial charge < -0.3 is 19.7 Å². The summed E-state index contributed by atoms with van der Waals surface area (Å²) in [6.07, 6.45) is -0.0739. The Morgan fingerprint density at radius 2 is 1.87 bits per heavy atom. The van der Waals surface area contributed by atoms with Gasteiger partial charge in [0, 0.05) is 25.2 Å². The molecule has 2 atom stereocenters. The molecule has 0 radical (unpaired) electrons. The molecule has 0 bridgehead atoms. The number of hydrogen-bond acceptors (Lipinski definition) is 5. The number of nitrogens with one attached hydrogen (secondary N) is 1. The van der Waals surface area contributed by atoms with Crippen LogP contribution >= 0.6 is 0 Å². The molecule has 2 amide bonds. The summed E-state index contributed by atoms with van der Waals surface area (Å²) in [6.45, 7) is 4.13. The van der Waals surface area contributed by atoms with Gasteiger partial charge in [-0.05, 0) is 42.7 Å². The molecule has 7 nitrogen and oxygen atoms in total. The third-order valence-corrected chi connectivity index (χ3v) is 5.41. The molecular formula is C24H28N2O5. The summed E-state index contributed by atoms with van der Waals surface area (Å²) in [5.74, 6) is -0.883. The van der Waals surface area contributed by atoms with Crippen molar-refractivity contribution in [3.63, 3.8) is 0 Å². The number of para-hydroxylation sites is 1. The molecule has 31 heavy (non-hydrogen) atoms. The molecule has 0 spiro atoms. The number of anilines is 1. The molecule has 2 aromatic rings. The number of carbonyl (C=O) groups excluding carboxylic acids is 3. The zero-order valence-electron chi connectivity index (χ0n) is 18.1. The first-order valence-corrected chi connectivity index (χ1v) is 10.4. The third kappa shape index (κ3) is 5.42. The van der Waals surface area contributed by atoms with E-state index in [2.05, 4.69) is 5.32 Å². The number of methoxy groups -OCH3 is 1. The van der Waals surface area contributed by atoms with E-state index >= 15 is 0 Å². The van der Waals surface area contributed by atoms with Gasteiger partial charge in [-0.2, -0.15) is 0 Å². The van der Waals surface area contributed by atoms with Crippen molar-refractivity contribution in [1.82, 2.24) is 5.32 Å². The number of nitrogens with zero attached hydrogens (tertiary/aromatic N) is 1. The van der Waals surface area contributed by atoms with E-state index in [0.717, 1.165) is 29.0 Å². The lowest BCUT2D eigenvalue weighted by Crippen LogP contribution is -2.37. The lowest BCUT2D eigenvalue weighted by molar-refractivity contribution is -0.158. The zero-order chi connectivity index (χ0) is 22.4. The van der Waals surface area contributed by atoms with Gasteiger partial charge >= 0.3 is 5.97 Å². The number of amides is 2. The van der Waals surface area contributed by atoms with E-state index in [1.807, 2.05) is 55.5 Å². The molecule has 3 rings (SSSR count). The number of carbonyl (C=O) groups is 3. The molecule has 7 heteroatoms. The smallest absolute Gasteiger partial charge is 0.312 e. The molecule has 1 fully saturated rings. The summed E-state index contributed by atoms with van der Waals surface area (Å²) in [5.41, 5.74) is 2.78. The van der Waals surface area contributed by atoms with Gasteiger partial charge in [0.1, 0.15) is 5.75 Å². The highest BCUT2D eigenvalue weighted by molar-refractivity contribution is 6.00. The largest absolute Gasteiger partial charge is 0.497 e. The van der Waals surface area contributed by atoms with Gasteiger partial charge in [0.15, 0.2) is 6.10 Å². The Kier molecular flexibility index (Phi) is 7.28. The SMILES string of the molecule is CCc1ccccc1N1C[C@H](C(=O)O[C@@H](C)C(=O)NCc2ccc(OC)cc2)CC1=O. The highest BCUT2D eigenvalue weighted by atomic mass is 16.5. The van der Waals surface area contributed by atoms with Crippen molar-refractivity contribution < 1.29 is 23.9 Å². The molecule has 1 N–H and O–H groups in total. The van der Waals surface area contributed by atoms with Crippen molar-refractivity contribution in [3.05, 3.63) is 59.7 Å². The number of hydrogen-bond donors (Lipinski definition) is 1. The number of esters is 1. The quantitative estimate of drug-likeness (QED) is 0.659. The van der Waals surface area contributed by atoms with Crippen molar-refractivity contribution in [2.45, 2.75) is 39.3 Å². The first-order valence-electron chi connectivity index (χ1n) is 10.4. The van der Waals surface area contributed by atoms with Crippen LogP contribution in [0.2, 0.25) is 0 Å². The van der Waals surface area contributed by atoms with Crippen LogP contribution in [0.3, 0.4) is 0 Å². The van der Waals surface area contributed by atoms with Gasteiger partial charge in [0.25, 0.3) is 5.91 Å². The maximum Gasteiger partial charge on any atom is 0.312 e. The topological polar surface area (TPSA) is 84.9 Å². The molecule has 164 valence electrons. The fourth-order valence-electron chi connectivity index (χ4n) is 3.57. The minimum atomic E-state index is -0.946. The van der Waals surface area contributed by atoms with Crippen molar-refractivity contribution in [3.8, 4) is 5.75 Å². The van der Waals surface area contributed by atoms with E-state index < -0.39 is 18.0 Å². The molecule has 1 aliphatic rings. The molecular weight excluding hydrogens is 396 g/mol. The molecule has 1 aliphatic heterocycles. The maximum absolute atomic E-state index is 12.6. The Hall–Kier alpha value is -3.35. The van der Waals surface area contributed by atoms with Crippen LogP contribution in [0.1, 0.15) is 31.4 Å². The lowest BCUT2D eigenvalue weighted by Gasteiger charge is -2.20. The van der Waals surface area contributed by atoms with Crippen molar-refractivity contribution in [1.29, 1.82) is 0 Å².